The van der Waals surface area contributed by atoms with Crippen molar-refractivity contribution in [2.45, 2.75) is 26.2 Å². The molecule has 0 radical (unpaired) electrons. The van der Waals surface area contributed by atoms with Gasteiger partial charge in [0.05, 0.1) is 0 Å². The van der Waals surface area contributed by atoms with Gasteiger partial charge in [0.25, 0.3) is 5.91 Å². The van der Waals surface area contributed by atoms with Gasteiger partial charge in [-0.3, -0.25) is 4.79 Å². The third kappa shape index (κ3) is 4.97. The van der Waals surface area contributed by atoms with E-state index >= 15 is 0 Å². The number of amides is 1. The van der Waals surface area contributed by atoms with Gasteiger partial charge in [-0.05, 0) is 57.0 Å². The molecule has 0 N–H and O–H groups in total. The van der Waals surface area contributed by atoms with Crippen LogP contribution in [0.4, 0.5) is 0 Å². The largest absolute Gasteiger partial charge is 0.441 e. The smallest absolute Gasteiger partial charge is 0.276 e. The summed E-state index contributed by atoms with van der Waals surface area (Å²) in [6.07, 6.45) is 3.22. The van der Waals surface area contributed by atoms with Crippen LogP contribution < -0.4 is 0 Å². The number of oxazole rings is 1. The zero-order valence-corrected chi connectivity index (χ0v) is 17.6. The summed E-state index contributed by atoms with van der Waals surface area (Å²) in [6.45, 7) is 6.32. The van der Waals surface area contributed by atoms with Crippen LogP contribution >= 0.6 is 0 Å². The van der Waals surface area contributed by atoms with Crippen LogP contribution in [0.15, 0.2) is 65.1 Å². The molecule has 3 aromatic rings. The van der Waals surface area contributed by atoms with E-state index in [4.69, 9.17) is 4.42 Å². The molecule has 4 rings (SSSR count). The summed E-state index contributed by atoms with van der Waals surface area (Å²) >= 11 is 0. The molecular weight excluding hydrogens is 374 g/mol. The van der Waals surface area contributed by atoms with Gasteiger partial charge in [-0.15, -0.1) is 0 Å². The standard InChI is InChI=1S/C25H29N3O2/c1-20-23(26-24(30-20)22-13-6-3-7-14-22)25(29)28-17-9-16-27(18-19-28)15-8-12-21-10-4-2-5-11-21/h2-7,10-11,13-14H,8-9,12,15-19H2,1H3. The first kappa shape index (κ1) is 20.4. The number of carbonyl (C=O) groups is 1. The summed E-state index contributed by atoms with van der Waals surface area (Å²) in [6, 6.07) is 20.4. The third-order valence-electron chi connectivity index (χ3n) is 5.68. The maximum atomic E-state index is 13.1. The fourth-order valence-corrected chi connectivity index (χ4v) is 4.00. The van der Waals surface area contributed by atoms with E-state index in [1.165, 1.54) is 5.56 Å². The minimum atomic E-state index is -0.0235. The molecule has 0 saturated carbocycles. The summed E-state index contributed by atoms with van der Waals surface area (Å²) in [4.78, 5) is 22.0. The highest BCUT2D eigenvalue weighted by atomic mass is 16.4. The van der Waals surface area contributed by atoms with Crippen molar-refractivity contribution in [2.24, 2.45) is 0 Å². The Morgan fingerprint density at radius 2 is 1.70 bits per heavy atom. The molecule has 156 valence electrons. The Morgan fingerprint density at radius 1 is 0.967 bits per heavy atom. The number of carbonyl (C=O) groups excluding carboxylic acids is 1. The average Bonchev–Trinajstić information content (AvgIpc) is 3.02. The first-order valence-electron chi connectivity index (χ1n) is 10.8. The zero-order valence-electron chi connectivity index (χ0n) is 17.6. The molecule has 0 atom stereocenters. The predicted molar refractivity (Wildman–Crippen MR) is 118 cm³/mol. The minimum absolute atomic E-state index is 0.0235. The lowest BCUT2D eigenvalue weighted by molar-refractivity contribution is 0.0754. The molecule has 1 aliphatic rings. The molecule has 0 spiro atoms. The van der Waals surface area contributed by atoms with Crippen LogP contribution in [0.2, 0.25) is 0 Å². The molecule has 1 aromatic heterocycles. The highest BCUT2D eigenvalue weighted by molar-refractivity contribution is 5.93. The summed E-state index contributed by atoms with van der Waals surface area (Å²) < 4.78 is 5.79. The second-order valence-corrected chi connectivity index (χ2v) is 7.87. The van der Waals surface area contributed by atoms with E-state index in [0.717, 1.165) is 57.5 Å². The highest BCUT2D eigenvalue weighted by Gasteiger charge is 2.25. The Kier molecular flexibility index (Phi) is 6.60. The predicted octanol–water partition coefficient (Wildman–Crippen LogP) is 4.43. The average molecular weight is 404 g/mol. The van der Waals surface area contributed by atoms with Crippen molar-refractivity contribution in [1.82, 2.24) is 14.8 Å². The normalized spacial score (nSPS) is 15.2. The molecule has 0 unspecified atom stereocenters. The fraction of sp³-hybridized carbons (Fsp3) is 0.360. The number of hydrogen-bond donors (Lipinski definition) is 0. The number of rotatable bonds is 6. The number of aryl methyl sites for hydroxylation is 2. The van der Waals surface area contributed by atoms with E-state index in [2.05, 4.69) is 40.2 Å². The van der Waals surface area contributed by atoms with Gasteiger partial charge in [-0.2, -0.15) is 0 Å². The molecule has 0 bridgehead atoms. The monoisotopic (exact) mass is 403 g/mol. The van der Waals surface area contributed by atoms with Crippen LogP contribution in [-0.4, -0.2) is 53.4 Å². The van der Waals surface area contributed by atoms with Gasteiger partial charge in [0, 0.05) is 25.2 Å². The number of aromatic nitrogens is 1. The lowest BCUT2D eigenvalue weighted by atomic mass is 10.1. The summed E-state index contributed by atoms with van der Waals surface area (Å²) in [5, 5.41) is 0. The lowest BCUT2D eigenvalue weighted by Crippen LogP contribution is -2.36. The fourth-order valence-electron chi connectivity index (χ4n) is 4.00. The van der Waals surface area contributed by atoms with Crippen LogP contribution in [0.5, 0.6) is 0 Å². The number of benzene rings is 2. The van der Waals surface area contributed by atoms with Crippen molar-refractivity contribution < 1.29 is 9.21 Å². The topological polar surface area (TPSA) is 49.6 Å². The van der Waals surface area contributed by atoms with Gasteiger partial charge in [0.2, 0.25) is 5.89 Å². The van der Waals surface area contributed by atoms with Gasteiger partial charge >= 0.3 is 0 Å². The molecule has 0 aliphatic carbocycles. The van der Waals surface area contributed by atoms with E-state index in [1.54, 1.807) is 0 Å². The van der Waals surface area contributed by atoms with Crippen molar-refractivity contribution in [3.05, 3.63) is 77.7 Å². The Balaban J connectivity index is 1.33. The third-order valence-corrected chi connectivity index (χ3v) is 5.68. The molecule has 1 fully saturated rings. The first-order chi connectivity index (χ1) is 14.7. The molecule has 2 heterocycles. The Morgan fingerprint density at radius 3 is 2.47 bits per heavy atom. The maximum Gasteiger partial charge on any atom is 0.276 e. The second kappa shape index (κ2) is 9.72. The van der Waals surface area contributed by atoms with Crippen LogP contribution in [0.1, 0.15) is 34.7 Å². The SMILES string of the molecule is Cc1oc(-c2ccccc2)nc1C(=O)N1CCCN(CCCc2ccccc2)CC1. The Bertz CT molecular complexity index is 953. The Labute approximate surface area is 178 Å². The Hall–Kier alpha value is -2.92. The van der Waals surface area contributed by atoms with Gasteiger partial charge in [0.1, 0.15) is 5.76 Å². The highest BCUT2D eigenvalue weighted by Crippen LogP contribution is 2.22. The van der Waals surface area contributed by atoms with Crippen LogP contribution in [0, 0.1) is 6.92 Å². The molecule has 1 saturated heterocycles. The molecule has 2 aromatic carbocycles. The van der Waals surface area contributed by atoms with E-state index in [1.807, 2.05) is 42.2 Å². The summed E-state index contributed by atoms with van der Waals surface area (Å²) in [7, 11) is 0. The molecule has 1 amide bonds. The summed E-state index contributed by atoms with van der Waals surface area (Å²) in [5.74, 6) is 1.07. The molecule has 5 heteroatoms. The van der Waals surface area contributed by atoms with Crippen LogP contribution in [0.3, 0.4) is 0 Å². The van der Waals surface area contributed by atoms with Gasteiger partial charge < -0.3 is 14.2 Å². The van der Waals surface area contributed by atoms with Crippen molar-refractivity contribution in [3.8, 4) is 11.5 Å². The number of hydrogen-bond acceptors (Lipinski definition) is 4. The maximum absolute atomic E-state index is 13.1. The lowest BCUT2D eigenvalue weighted by Gasteiger charge is -2.21. The minimum Gasteiger partial charge on any atom is -0.441 e. The van der Waals surface area contributed by atoms with Crippen LogP contribution in [0.25, 0.3) is 11.5 Å². The first-order valence-corrected chi connectivity index (χ1v) is 10.8. The van der Waals surface area contributed by atoms with E-state index in [0.29, 0.717) is 17.3 Å². The van der Waals surface area contributed by atoms with E-state index in [9.17, 15) is 4.79 Å². The van der Waals surface area contributed by atoms with Gasteiger partial charge in [-0.25, -0.2) is 4.98 Å². The van der Waals surface area contributed by atoms with Crippen molar-refractivity contribution in [2.75, 3.05) is 32.7 Å². The van der Waals surface area contributed by atoms with Crippen molar-refractivity contribution >= 4 is 5.91 Å². The van der Waals surface area contributed by atoms with E-state index in [-0.39, 0.29) is 5.91 Å². The second-order valence-electron chi connectivity index (χ2n) is 7.87. The van der Waals surface area contributed by atoms with Crippen molar-refractivity contribution in [3.63, 3.8) is 0 Å². The molecule has 5 nitrogen and oxygen atoms in total. The van der Waals surface area contributed by atoms with E-state index < -0.39 is 0 Å². The van der Waals surface area contributed by atoms with Gasteiger partial charge in [-0.1, -0.05) is 48.5 Å². The van der Waals surface area contributed by atoms with Crippen LogP contribution in [-0.2, 0) is 6.42 Å². The molecular formula is C25H29N3O2. The van der Waals surface area contributed by atoms with Gasteiger partial charge in [0.15, 0.2) is 5.69 Å². The van der Waals surface area contributed by atoms with Crippen molar-refractivity contribution in [1.29, 1.82) is 0 Å². The molecule has 1 aliphatic heterocycles. The zero-order chi connectivity index (χ0) is 20.8. The summed E-state index contributed by atoms with van der Waals surface area (Å²) in [5.41, 5.74) is 2.71. The number of nitrogens with zero attached hydrogens (tertiary/aromatic N) is 3. The quantitative estimate of drug-likeness (QED) is 0.611. The molecule has 30 heavy (non-hydrogen) atoms.